The van der Waals surface area contributed by atoms with Gasteiger partial charge in [0.1, 0.15) is 17.5 Å². The van der Waals surface area contributed by atoms with E-state index in [9.17, 15) is 30.2 Å². The standard InChI is InChI=1S/C22H24N4O6/c1-24-18(10-14-12-23-16-7-4-8-17(19(14)16)26(31)32)20(28)25(2)22(30,21(24)29)11-13-5-3-6-15(27)9-13/h3-9,12,18,23,27,30-32H,10-11H2,1-2H3/t18-,22+/m0/s1. The number of nitrogens with one attached hydrogen (secondary N) is 1. The molecule has 0 aliphatic carbocycles. The van der Waals surface area contributed by atoms with Crippen molar-refractivity contribution in [1.82, 2.24) is 14.8 Å². The van der Waals surface area contributed by atoms with Crippen molar-refractivity contribution >= 4 is 28.4 Å². The van der Waals surface area contributed by atoms with Crippen LogP contribution in [0.25, 0.3) is 10.9 Å². The van der Waals surface area contributed by atoms with Crippen LogP contribution in [0.2, 0.25) is 0 Å². The highest BCUT2D eigenvalue weighted by atomic mass is 16.8. The van der Waals surface area contributed by atoms with Gasteiger partial charge in [0.25, 0.3) is 5.91 Å². The predicted molar refractivity (Wildman–Crippen MR) is 114 cm³/mol. The Hall–Kier alpha value is -3.60. The van der Waals surface area contributed by atoms with Crippen molar-refractivity contribution < 1.29 is 30.2 Å². The number of aromatic hydroxyl groups is 1. The van der Waals surface area contributed by atoms with Crippen molar-refractivity contribution in [2.75, 3.05) is 19.3 Å². The summed E-state index contributed by atoms with van der Waals surface area (Å²) in [6.07, 6.45) is 1.57. The highest BCUT2D eigenvalue weighted by molar-refractivity contribution is 6.00. The van der Waals surface area contributed by atoms with Crippen LogP contribution >= 0.6 is 0 Å². The zero-order valence-electron chi connectivity index (χ0n) is 17.6. The topological polar surface area (TPSA) is 141 Å². The highest BCUT2D eigenvalue weighted by Crippen LogP contribution is 2.33. The molecule has 0 spiro atoms. The minimum Gasteiger partial charge on any atom is -0.508 e. The number of hydrogen-bond acceptors (Lipinski definition) is 7. The first-order valence-corrected chi connectivity index (χ1v) is 9.95. The lowest BCUT2D eigenvalue weighted by molar-refractivity contribution is -0.194. The zero-order valence-corrected chi connectivity index (χ0v) is 17.6. The van der Waals surface area contributed by atoms with Gasteiger partial charge in [-0.2, -0.15) is 0 Å². The lowest BCUT2D eigenvalue weighted by atomic mass is 9.92. The number of benzene rings is 2. The first kappa shape index (κ1) is 21.6. The molecule has 0 radical (unpaired) electrons. The Kier molecular flexibility index (Phi) is 5.29. The molecule has 4 rings (SSSR count). The van der Waals surface area contributed by atoms with E-state index in [1.54, 1.807) is 30.5 Å². The Labute approximate surface area is 183 Å². The third-order valence-corrected chi connectivity index (χ3v) is 6.06. The Morgan fingerprint density at radius 1 is 1.12 bits per heavy atom. The molecule has 1 aliphatic rings. The maximum absolute atomic E-state index is 13.2. The molecule has 1 aliphatic heterocycles. The van der Waals surface area contributed by atoms with Crippen molar-refractivity contribution in [1.29, 1.82) is 0 Å². The number of likely N-dealkylation sites (N-methyl/N-ethyl adjacent to an activating group) is 2. The molecule has 1 saturated heterocycles. The number of carbonyl (C=O) groups excluding carboxylic acids is 2. The second-order valence-electron chi connectivity index (χ2n) is 8.00. The van der Waals surface area contributed by atoms with Crippen LogP contribution < -0.4 is 5.23 Å². The summed E-state index contributed by atoms with van der Waals surface area (Å²) >= 11 is 0. The van der Waals surface area contributed by atoms with Crippen molar-refractivity contribution in [3.63, 3.8) is 0 Å². The van der Waals surface area contributed by atoms with Gasteiger partial charge in [0, 0.05) is 44.0 Å². The Morgan fingerprint density at radius 3 is 2.53 bits per heavy atom. The van der Waals surface area contributed by atoms with Crippen LogP contribution in [-0.2, 0) is 22.4 Å². The van der Waals surface area contributed by atoms with E-state index < -0.39 is 23.6 Å². The summed E-state index contributed by atoms with van der Waals surface area (Å²) in [5.41, 5.74) is -0.233. The molecular weight excluding hydrogens is 416 g/mol. The zero-order chi connectivity index (χ0) is 23.2. The molecular formula is C22H24N4O6. The van der Waals surface area contributed by atoms with Gasteiger partial charge < -0.3 is 25.0 Å². The van der Waals surface area contributed by atoms with E-state index in [-0.39, 0.29) is 29.5 Å². The van der Waals surface area contributed by atoms with Crippen LogP contribution in [0, 0.1) is 0 Å². The number of phenolic OH excluding ortho intramolecular Hbond substituents is 1. The Bertz CT molecular complexity index is 1190. The number of hydrogen-bond donors (Lipinski definition) is 5. The number of aliphatic hydroxyl groups is 1. The minimum absolute atomic E-state index is 0.00785. The van der Waals surface area contributed by atoms with Gasteiger partial charge in [-0.15, -0.1) is 5.23 Å². The fourth-order valence-corrected chi connectivity index (χ4v) is 4.28. The summed E-state index contributed by atoms with van der Waals surface area (Å²) in [5.74, 6) is -1.13. The quantitative estimate of drug-likeness (QED) is 0.376. The van der Waals surface area contributed by atoms with E-state index in [1.165, 1.54) is 37.2 Å². The molecule has 2 amide bonds. The number of aromatic amines is 1. The number of rotatable bonds is 5. The molecule has 10 nitrogen and oxygen atoms in total. The minimum atomic E-state index is -2.10. The maximum Gasteiger partial charge on any atom is 0.276 e. The summed E-state index contributed by atoms with van der Waals surface area (Å²) in [6, 6.07) is 10.2. The Morgan fingerprint density at radius 2 is 1.84 bits per heavy atom. The number of piperazine rings is 1. The smallest absolute Gasteiger partial charge is 0.276 e. The predicted octanol–water partition coefficient (Wildman–Crippen LogP) is 1.23. The third-order valence-electron chi connectivity index (χ3n) is 6.06. The molecule has 32 heavy (non-hydrogen) atoms. The number of phenols is 1. The van der Waals surface area contributed by atoms with Gasteiger partial charge in [0.2, 0.25) is 11.6 Å². The molecule has 0 saturated carbocycles. The van der Waals surface area contributed by atoms with Gasteiger partial charge in [-0.1, -0.05) is 18.2 Å². The normalized spacial score (nSPS) is 21.5. The number of nitrogens with zero attached hydrogens (tertiary/aromatic N) is 3. The number of H-pyrrole nitrogens is 1. The van der Waals surface area contributed by atoms with Crippen molar-refractivity contribution in [2.24, 2.45) is 0 Å². The number of aromatic nitrogens is 1. The number of carbonyl (C=O) groups is 2. The summed E-state index contributed by atoms with van der Waals surface area (Å²) in [7, 11) is 2.82. The average molecular weight is 440 g/mol. The molecule has 168 valence electrons. The molecule has 1 aromatic heterocycles. The lowest BCUT2D eigenvalue weighted by Gasteiger charge is -2.47. The van der Waals surface area contributed by atoms with E-state index in [2.05, 4.69) is 4.98 Å². The summed E-state index contributed by atoms with van der Waals surface area (Å²) < 4.78 is 0. The van der Waals surface area contributed by atoms with E-state index >= 15 is 0 Å². The molecule has 5 N–H and O–H groups in total. The van der Waals surface area contributed by atoms with Gasteiger partial charge >= 0.3 is 0 Å². The number of amides is 2. The second-order valence-corrected chi connectivity index (χ2v) is 8.00. The summed E-state index contributed by atoms with van der Waals surface area (Å²) in [4.78, 5) is 31.7. The third kappa shape index (κ3) is 3.44. The van der Waals surface area contributed by atoms with Gasteiger partial charge in [0.15, 0.2) is 0 Å². The van der Waals surface area contributed by atoms with Crippen molar-refractivity contribution in [3.05, 3.63) is 59.8 Å². The summed E-state index contributed by atoms with van der Waals surface area (Å²) in [5, 5.41) is 40.5. The molecule has 2 aromatic carbocycles. The molecule has 2 heterocycles. The number of anilines is 1. The van der Waals surface area contributed by atoms with E-state index in [0.717, 1.165) is 4.90 Å². The van der Waals surface area contributed by atoms with Crippen molar-refractivity contribution in [2.45, 2.75) is 24.6 Å². The van der Waals surface area contributed by atoms with Crippen LogP contribution in [-0.4, -0.2) is 73.1 Å². The molecule has 2 atom stereocenters. The van der Waals surface area contributed by atoms with E-state index in [1.807, 2.05) is 0 Å². The monoisotopic (exact) mass is 440 g/mol. The van der Waals surface area contributed by atoms with E-state index in [0.29, 0.717) is 22.0 Å². The van der Waals surface area contributed by atoms with Crippen LogP contribution in [0.15, 0.2) is 48.7 Å². The van der Waals surface area contributed by atoms with Gasteiger partial charge in [-0.25, -0.2) is 0 Å². The maximum atomic E-state index is 13.2. The lowest BCUT2D eigenvalue weighted by Crippen LogP contribution is -2.70. The first-order chi connectivity index (χ1) is 15.1. The molecule has 0 unspecified atom stereocenters. The van der Waals surface area contributed by atoms with Crippen molar-refractivity contribution in [3.8, 4) is 5.75 Å². The van der Waals surface area contributed by atoms with Gasteiger partial charge in [0.05, 0.1) is 0 Å². The van der Waals surface area contributed by atoms with Crippen LogP contribution in [0.3, 0.4) is 0 Å². The molecule has 1 fully saturated rings. The highest BCUT2D eigenvalue weighted by Gasteiger charge is 2.53. The SMILES string of the molecule is CN1C(=O)[C@](O)(Cc2cccc(O)c2)N(C)C(=O)[C@@H]1Cc1c[nH]c2cccc(N(O)O)c12. The van der Waals surface area contributed by atoms with Gasteiger partial charge in [-0.05, 0) is 35.4 Å². The first-order valence-electron chi connectivity index (χ1n) is 9.95. The summed E-state index contributed by atoms with van der Waals surface area (Å²) in [6.45, 7) is 0. The molecule has 0 bridgehead atoms. The molecule has 10 heteroatoms. The second kappa shape index (κ2) is 7.83. The van der Waals surface area contributed by atoms with E-state index in [4.69, 9.17) is 0 Å². The van der Waals surface area contributed by atoms with Crippen LogP contribution in [0.5, 0.6) is 5.75 Å². The largest absolute Gasteiger partial charge is 0.508 e. The van der Waals surface area contributed by atoms with Crippen LogP contribution in [0.1, 0.15) is 11.1 Å². The van der Waals surface area contributed by atoms with Crippen LogP contribution in [0.4, 0.5) is 5.69 Å². The fourth-order valence-electron chi connectivity index (χ4n) is 4.28. The average Bonchev–Trinajstić information content (AvgIpc) is 3.17. The fraction of sp³-hybridized carbons (Fsp3) is 0.273. The Balaban J connectivity index is 1.65. The molecule has 3 aromatic rings. The van der Waals surface area contributed by atoms with Gasteiger partial charge in [-0.3, -0.25) is 20.0 Å². The number of fused-ring (bicyclic) bond motifs is 1.